The fourth-order valence-corrected chi connectivity index (χ4v) is 3.69. The van der Waals surface area contributed by atoms with Crippen molar-refractivity contribution in [2.24, 2.45) is 11.7 Å². The van der Waals surface area contributed by atoms with Crippen LogP contribution in [-0.2, 0) is 11.2 Å². The van der Waals surface area contributed by atoms with E-state index in [1.54, 1.807) is 19.2 Å². The molecular weight excluding hydrogens is 466 g/mol. The Labute approximate surface area is 189 Å². The molecule has 0 aliphatic carbocycles. The summed E-state index contributed by atoms with van der Waals surface area (Å²) in [5.41, 5.74) is 6.88. The lowest BCUT2D eigenvalue weighted by molar-refractivity contribution is -0.121. The molecule has 31 heavy (non-hydrogen) atoms. The summed E-state index contributed by atoms with van der Waals surface area (Å²) in [4.78, 5) is 27.1. The van der Waals surface area contributed by atoms with Gasteiger partial charge in [0.15, 0.2) is 0 Å². The van der Waals surface area contributed by atoms with Crippen molar-refractivity contribution in [2.75, 3.05) is 46.3 Å². The molecule has 0 radical (unpaired) electrons. The standard InChI is InChI=1S/C22H26BrN3O5/c1-26(2)6-7-30-19-11-15(23)10-17(21(24)27)20(19)25-22(28)14-8-13-9-16(29-3)4-5-18(13)31-12-14/h4-5,9-11,14H,6-8,12H2,1-3H3,(H2,24,27)(H,25,28)/t14-/m1/s1. The Morgan fingerprint density at radius 2 is 2.06 bits per heavy atom. The number of fused-ring (bicyclic) bond motifs is 1. The van der Waals surface area contributed by atoms with Crippen molar-refractivity contribution in [3.05, 3.63) is 45.9 Å². The zero-order valence-electron chi connectivity index (χ0n) is 17.7. The molecule has 2 aromatic carbocycles. The van der Waals surface area contributed by atoms with E-state index in [-0.39, 0.29) is 23.8 Å². The molecule has 166 valence electrons. The van der Waals surface area contributed by atoms with Crippen LogP contribution in [0.1, 0.15) is 15.9 Å². The number of methoxy groups -OCH3 is 1. The van der Waals surface area contributed by atoms with Crippen molar-refractivity contribution >= 4 is 33.4 Å². The summed E-state index contributed by atoms with van der Waals surface area (Å²) in [6.45, 7) is 1.27. The van der Waals surface area contributed by atoms with E-state index in [2.05, 4.69) is 21.2 Å². The van der Waals surface area contributed by atoms with Gasteiger partial charge in [0.25, 0.3) is 5.91 Å². The van der Waals surface area contributed by atoms with Gasteiger partial charge in [0, 0.05) is 11.0 Å². The van der Waals surface area contributed by atoms with Crippen molar-refractivity contribution in [2.45, 2.75) is 6.42 Å². The lowest BCUT2D eigenvalue weighted by Gasteiger charge is -2.26. The van der Waals surface area contributed by atoms with Gasteiger partial charge in [0.1, 0.15) is 30.5 Å². The van der Waals surface area contributed by atoms with E-state index in [1.807, 2.05) is 37.2 Å². The third-order valence-corrected chi connectivity index (χ3v) is 5.38. The third-order valence-electron chi connectivity index (χ3n) is 4.92. The molecule has 0 unspecified atom stereocenters. The molecule has 3 N–H and O–H groups in total. The predicted molar refractivity (Wildman–Crippen MR) is 121 cm³/mol. The Bertz CT molecular complexity index is 980. The average Bonchev–Trinajstić information content (AvgIpc) is 2.73. The number of amides is 2. The Balaban J connectivity index is 1.83. The normalized spacial score (nSPS) is 15.1. The number of hydrogen-bond acceptors (Lipinski definition) is 6. The smallest absolute Gasteiger partial charge is 0.250 e. The molecule has 2 amide bonds. The van der Waals surface area contributed by atoms with Crippen molar-refractivity contribution in [3.63, 3.8) is 0 Å². The molecule has 0 saturated heterocycles. The van der Waals surface area contributed by atoms with Gasteiger partial charge in [0.05, 0.1) is 24.3 Å². The number of hydrogen-bond donors (Lipinski definition) is 2. The van der Waals surface area contributed by atoms with Gasteiger partial charge in [-0.1, -0.05) is 15.9 Å². The van der Waals surface area contributed by atoms with E-state index < -0.39 is 11.8 Å². The van der Waals surface area contributed by atoms with E-state index in [9.17, 15) is 9.59 Å². The van der Waals surface area contributed by atoms with Gasteiger partial charge in [-0.2, -0.15) is 0 Å². The summed E-state index contributed by atoms with van der Waals surface area (Å²) in [5.74, 6) is 0.415. The molecule has 3 rings (SSSR count). The second kappa shape index (κ2) is 10.0. The highest BCUT2D eigenvalue weighted by Gasteiger charge is 2.28. The number of benzene rings is 2. The maximum atomic E-state index is 13.1. The Kier molecular flexibility index (Phi) is 7.40. The first-order chi connectivity index (χ1) is 14.8. The zero-order chi connectivity index (χ0) is 22.5. The van der Waals surface area contributed by atoms with E-state index in [0.29, 0.717) is 35.5 Å². The van der Waals surface area contributed by atoms with E-state index >= 15 is 0 Å². The van der Waals surface area contributed by atoms with Gasteiger partial charge < -0.3 is 30.2 Å². The minimum atomic E-state index is -0.663. The molecule has 0 fully saturated rings. The lowest BCUT2D eigenvalue weighted by Crippen LogP contribution is -2.33. The fourth-order valence-electron chi connectivity index (χ4n) is 3.25. The molecule has 1 atom stereocenters. The number of ether oxygens (including phenoxy) is 3. The number of rotatable bonds is 8. The first kappa shape index (κ1) is 22.9. The molecule has 0 spiro atoms. The number of primary amides is 1. The van der Waals surface area contributed by atoms with Crippen molar-refractivity contribution in [3.8, 4) is 17.2 Å². The molecule has 0 aromatic heterocycles. The molecule has 1 aliphatic heterocycles. The predicted octanol–water partition coefficient (Wildman–Crippen LogP) is 2.69. The van der Waals surface area contributed by atoms with Crippen LogP contribution in [0.4, 0.5) is 5.69 Å². The topological polar surface area (TPSA) is 103 Å². The summed E-state index contributed by atoms with van der Waals surface area (Å²) in [6, 6.07) is 8.78. The van der Waals surface area contributed by atoms with Crippen LogP contribution < -0.4 is 25.3 Å². The van der Waals surface area contributed by atoms with Crippen LogP contribution in [0.25, 0.3) is 0 Å². The van der Waals surface area contributed by atoms with Crippen LogP contribution in [0.5, 0.6) is 17.2 Å². The van der Waals surface area contributed by atoms with Crippen molar-refractivity contribution in [1.82, 2.24) is 4.90 Å². The average molecular weight is 492 g/mol. The molecular formula is C22H26BrN3O5. The lowest BCUT2D eigenvalue weighted by atomic mass is 9.95. The first-order valence-corrected chi connectivity index (χ1v) is 10.6. The Morgan fingerprint density at radius 1 is 1.29 bits per heavy atom. The van der Waals surface area contributed by atoms with Crippen LogP contribution in [0.15, 0.2) is 34.8 Å². The highest BCUT2D eigenvalue weighted by atomic mass is 79.9. The largest absolute Gasteiger partial charge is 0.497 e. The van der Waals surface area contributed by atoms with Gasteiger partial charge >= 0.3 is 0 Å². The number of halogens is 1. The number of nitrogens with two attached hydrogens (primary N) is 1. The summed E-state index contributed by atoms with van der Waals surface area (Å²) in [5, 5.41) is 2.84. The number of nitrogens with one attached hydrogen (secondary N) is 1. The van der Waals surface area contributed by atoms with Gasteiger partial charge in [-0.05, 0) is 56.4 Å². The van der Waals surface area contributed by atoms with Gasteiger partial charge in [-0.25, -0.2) is 0 Å². The van der Waals surface area contributed by atoms with Crippen molar-refractivity contribution in [1.29, 1.82) is 0 Å². The van der Waals surface area contributed by atoms with Gasteiger partial charge in [0.2, 0.25) is 5.91 Å². The van der Waals surface area contributed by atoms with Crippen molar-refractivity contribution < 1.29 is 23.8 Å². The molecule has 8 nitrogen and oxygen atoms in total. The number of anilines is 1. The number of carbonyl (C=O) groups is 2. The maximum Gasteiger partial charge on any atom is 0.250 e. The molecule has 9 heteroatoms. The molecule has 2 aromatic rings. The maximum absolute atomic E-state index is 13.1. The number of nitrogens with zero attached hydrogens (tertiary/aromatic N) is 1. The van der Waals surface area contributed by atoms with Gasteiger partial charge in [-0.3, -0.25) is 9.59 Å². The van der Waals surface area contributed by atoms with E-state index in [1.165, 1.54) is 0 Å². The highest BCUT2D eigenvalue weighted by molar-refractivity contribution is 9.10. The number of carbonyl (C=O) groups excluding carboxylic acids is 2. The minimum absolute atomic E-state index is 0.168. The number of likely N-dealkylation sites (N-methyl/N-ethyl adjacent to an activating group) is 1. The zero-order valence-corrected chi connectivity index (χ0v) is 19.3. The van der Waals surface area contributed by atoms with Crippen LogP contribution in [0.2, 0.25) is 0 Å². The molecule has 1 aliphatic rings. The summed E-state index contributed by atoms with van der Waals surface area (Å²) in [7, 11) is 5.45. The van der Waals surface area contributed by atoms with Crippen LogP contribution in [0, 0.1) is 5.92 Å². The summed E-state index contributed by atoms with van der Waals surface area (Å²) in [6.07, 6.45) is 0.484. The summed E-state index contributed by atoms with van der Waals surface area (Å²) >= 11 is 3.37. The Morgan fingerprint density at radius 3 is 2.74 bits per heavy atom. The van der Waals surface area contributed by atoms with Gasteiger partial charge in [-0.15, -0.1) is 0 Å². The van der Waals surface area contributed by atoms with Crippen LogP contribution in [-0.4, -0.2) is 57.7 Å². The monoisotopic (exact) mass is 491 g/mol. The highest BCUT2D eigenvalue weighted by Crippen LogP contribution is 2.35. The van der Waals surface area contributed by atoms with E-state index in [0.717, 1.165) is 11.3 Å². The quantitative estimate of drug-likeness (QED) is 0.588. The SMILES string of the molecule is COc1ccc2c(c1)C[C@@H](C(=O)Nc1c(OCCN(C)C)cc(Br)cc1C(N)=O)CO2. The Hall–Kier alpha value is -2.78. The minimum Gasteiger partial charge on any atom is -0.497 e. The van der Waals surface area contributed by atoms with E-state index in [4.69, 9.17) is 19.9 Å². The second-order valence-electron chi connectivity index (χ2n) is 7.52. The molecule has 1 heterocycles. The first-order valence-electron chi connectivity index (χ1n) is 9.80. The third kappa shape index (κ3) is 5.68. The fraction of sp³-hybridized carbons (Fsp3) is 0.364. The van der Waals surface area contributed by atoms with Crippen LogP contribution in [0.3, 0.4) is 0 Å². The molecule has 0 saturated carbocycles. The second-order valence-corrected chi connectivity index (χ2v) is 8.43. The molecule has 0 bridgehead atoms. The van der Waals surface area contributed by atoms with Crippen LogP contribution >= 0.6 is 15.9 Å². The summed E-state index contributed by atoms with van der Waals surface area (Å²) < 4.78 is 17.5.